The highest BCUT2D eigenvalue weighted by molar-refractivity contribution is 6.05. The van der Waals surface area contributed by atoms with Crippen molar-refractivity contribution in [1.29, 1.82) is 0 Å². The molecule has 1 heterocycles. The van der Waals surface area contributed by atoms with Gasteiger partial charge in [0.05, 0.1) is 17.3 Å². The van der Waals surface area contributed by atoms with E-state index >= 15 is 0 Å². The van der Waals surface area contributed by atoms with Gasteiger partial charge in [0.25, 0.3) is 5.91 Å². The first-order valence-corrected chi connectivity index (χ1v) is 4.64. The lowest BCUT2D eigenvalue weighted by Crippen LogP contribution is -2.23. The summed E-state index contributed by atoms with van der Waals surface area (Å²) in [6.07, 6.45) is 3.34. The van der Waals surface area contributed by atoms with Crippen LogP contribution in [0.1, 0.15) is 10.4 Å². The average Bonchev–Trinajstić information content (AvgIpc) is 2.73. The van der Waals surface area contributed by atoms with Gasteiger partial charge in [0, 0.05) is 11.9 Å². The fourth-order valence-corrected chi connectivity index (χ4v) is 1.42. The van der Waals surface area contributed by atoms with Crippen LogP contribution in [0.15, 0.2) is 37.1 Å². The van der Waals surface area contributed by atoms with E-state index < -0.39 is 0 Å². The van der Waals surface area contributed by atoms with E-state index in [1.54, 1.807) is 18.3 Å². The first-order chi connectivity index (χ1) is 7.33. The molecule has 0 saturated heterocycles. The molecule has 0 bridgehead atoms. The summed E-state index contributed by atoms with van der Waals surface area (Å²) in [6, 6.07) is 5.50. The molecule has 0 fully saturated rings. The maximum atomic E-state index is 11.7. The first-order valence-electron chi connectivity index (χ1n) is 4.64. The highest BCUT2D eigenvalue weighted by Crippen LogP contribution is 2.15. The number of nitrogens with one attached hydrogen (secondary N) is 2. The molecule has 1 aromatic heterocycles. The van der Waals surface area contributed by atoms with Crippen LogP contribution in [-0.2, 0) is 0 Å². The zero-order valence-corrected chi connectivity index (χ0v) is 8.16. The number of hydrogen-bond acceptors (Lipinski definition) is 2. The summed E-state index contributed by atoms with van der Waals surface area (Å²) < 4.78 is 0. The van der Waals surface area contributed by atoms with Crippen molar-refractivity contribution in [2.45, 2.75) is 0 Å². The summed E-state index contributed by atoms with van der Waals surface area (Å²) in [5, 5.41) is 10.4. The number of amides is 1. The predicted molar refractivity (Wildman–Crippen MR) is 58.6 cm³/mol. The van der Waals surface area contributed by atoms with E-state index in [9.17, 15) is 4.79 Å². The minimum atomic E-state index is -0.121. The topological polar surface area (TPSA) is 57.8 Å². The number of hydrogen-bond donors (Lipinski definition) is 2. The summed E-state index contributed by atoms with van der Waals surface area (Å²) in [5.74, 6) is -0.121. The van der Waals surface area contributed by atoms with Crippen LogP contribution in [0.25, 0.3) is 10.9 Å². The molecule has 4 heteroatoms. The molecule has 0 radical (unpaired) electrons. The SMILES string of the molecule is C=CCNC(=O)c1cccc2cn[nH]c12. The number of carbonyl (C=O) groups is 1. The van der Waals surface area contributed by atoms with Crippen molar-refractivity contribution in [3.8, 4) is 0 Å². The predicted octanol–water partition coefficient (Wildman–Crippen LogP) is 1.48. The second-order valence-electron chi connectivity index (χ2n) is 3.14. The highest BCUT2D eigenvalue weighted by atomic mass is 16.1. The van der Waals surface area contributed by atoms with Crippen molar-refractivity contribution in [2.75, 3.05) is 6.54 Å². The Labute approximate surface area is 87.0 Å². The lowest BCUT2D eigenvalue weighted by Gasteiger charge is -2.02. The Morgan fingerprint density at radius 1 is 1.60 bits per heavy atom. The molecule has 1 aromatic carbocycles. The highest BCUT2D eigenvalue weighted by Gasteiger charge is 2.09. The third-order valence-corrected chi connectivity index (χ3v) is 2.13. The Bertz CT molecular complexity index is 501. The first kappa shape index (κ1) is 9.45. The number of nitrogens with zero attached hydrogens (tertiary/aromatic N) is 1. The molecule has 0 saturated carbocycles. The molecule has 76 valence electrons. The molecule has 0 aliphatic heterocycles. The van der Waals surface area contributed by atoms with Crippen molar-refractivity contribution in [3.05, 3.63) is 42.6 Å². The summed E-state index contributed by atoms with van der Waals surface area (Å²) in [7, 11) is 0. The van der Waals surface area contributed by atoms with Crippen LogP contribution < -0.4 is 5.32 Å². The zero-order valence-electron chi connectivity index (χ0n) is 8.16. The Balaban J connectivity index is 2.38. The molecule has 2 aromatic rings. The van der Waals surface area contributed by atoms with Crippen LogP contribution in [0.2, 0.25) is 0 Å². The molecule has 0 aliphatic rings. The van der Waals surface area contributed by atoms with Gasteiger partial charge in [0.2, 0.25) is 0 Å². The molecule has 0 atom stereocenters. The van der Waals surface area contributed by atoms with E-state index in [2.05, 4.69) is 22.1 Å². The van der Waals surface area contributed by atoms with Gasteiger partial charge in [-0.25, -0.2) is 0 Å². The number of rotatable bonds is 3. The molecule has 0 unspecified atom stereocenters. The fourth-order valence-electron chi connectivity index (χ4n) is 1.42. The van der Waals surface area contributed by atoms with Gasteiger partial charge >= 0.3 is 0 Å². The Kier molecular flexibility index (Phi) is 2.49. The van der Waals surface area contributed by atoms with Crippen LogP contribution in [-0.4, -0.2) is 22.6 Å². The van der Waals surface area contributed by atoms with E-state index in [4.69, 9.17) is 0 Å². The molecular weight excluding hydrogens is 190 g/mol. The van der Waals surface area contributed by atoms with Crippen molar-refractivity contribution in [2.24, 2.45) is 0 Å². The third kappa shape index (κ3) is 1.74. The number of aromatic amines is 1. The van der Waals surface area contributed by atoms with Gasteiger partial charge in [-0.15, -0.1) is 6.58 Å². The van der Waals surface area contributed by atoms with Crippen molar-refractivity contribution in [1.82, 2.24) is 15.5 Å². The Hall–Kier alpha value is -2.10. The smallest absolute Gasteiger partial charge is 0.253 e. The molecule has 2 rings (SSSR count). The van der Waals surface area contributed by atoms with Gasteiger partial charge in [0.15, 0.2) is 0 Å². The Morgan fingerprint density at radius 2 is 2.47 bits per heavy atom. The third-order valence-electron chi connectivity index (χ3n) is 2.13. The maximum absolute atomic E-state index is 11.7. The lowest BCUT2D eigenvalue weighted by atomic mass is 10.1. The Morgan fingerprint density at radius 3 is 3.27 bits per heavy atom. The van der Waals surface area contributed by atoms with Gasteiger partial charge in [-0.2, -0.15) is 5.10 Å². The number of para-hydroxylation sites is 1. The normalized spacial score (nSPS) is 10.1. The monoisotopic (exact) mass is 201 g/mol. The van der Waals surface area contributed by atoms with Crippen LogP contribution in [0.5, 0.6) is 0 Å². The second-order valence-corrected chi connectivity index (χ2v) is 3.14. The molecule has 0 aliphatic carbocycles. The van der Waals surface area contributed by atoms with Crippen LogP contribution in [0.4, 0.5) is 0 Å². The molecule has 4 nitrogen and oxygen atoms in total. The van der Waals surface area contributed by atoms with Gasteiger partial charge in [-0.3, -0.25) is 9.89 Å². The zero-order chi connectivity index (χ0) is 10.7. The van der Waals surface area contributed by atoms with Gasteiger partial charge < -0.3 is 5.32 Å². The van der Waals surface area contributed by atoms with E-state index in [0.29, 0.717) is 12.1 Å². The summed E-state index contributed by atoms with van der Waals surface area (Å²) >= 11 is 0. The quantitative estimate of drug-likeness (QED) is 0.739. The number of aromatic nitrogens is 2. The number of carbonyl (C=O) groups excluding carboxylic acids is 1. The van der Waals surface area contributed by atoms with Crippen LogP contribution in [0.3, 0.4) is 0 Å². The summed E-state index contributed by atoms with van der Waals surface area (Å²) in [5.41, 5.74) is 1.37. The fraction of sp³-hybridized carbons (Fsp3) is 0.0909. The maximum Gasteiger partial charge on any atom is 0.253 e. The molecule has 2 N–H and O–H groups in total. The molecule has 0 spiro atoms. The van der Waals surface area contributed by atoms with E-state index in [0.717, 1.165) is 10.9 Å². The van der Waals surface area contributed by atoms with Gasteiger partial charge in [-0.1, -0.05) is 18.2 Å². The van der Waals surface area contributed by atoms with Gasteiger partial charge in [-0.05, 0) is 6.07 Å². The number of benzene rings is 1. The molecular formula is C11H11N3O. The molecule has 1 amide bonds. The van der Waals surface area contributed by atoms with Crippen molar-refractivity contribution >= 4 is 16.8 Å². The summed E-state index contributed by atoms with van der Waals surface area (Å²) in [6.45, 7) is 4.01. The lowest BCUT2D eigenvalue weighted by molar-refractivity contribution is 0.0959. The van der Waals surface area contributed by atoms with Crippen molar-refractivity contribution in [3.63, 3.8) is 0 Å². The average molecular weight is 201 g/mol. The second kappa shape index (κ2) is 3.96. The summed E-state index contributed by atoms with van der Waals surface area (Å²) in [4.78, 5) is 11.7. The minimum absolute atomic E-state index is 0.121. The van der Waals surface area contributed by atoms with Crippen LogP contribution in [0, 0.1) is 0 Å². The van der Waals surface area contributed by atoms with Gasteiger partial charge in [0.1, 0.15) is 0 Å². The number of fused-ring (bicyclic) bond motifs is 1. The van der Waals surface area contributed by atoms with E-state index in [1.165, 1.54) is 0 Å². The van der Waals surface area contributed by atoms with E-state index in [-0.39, 0.29) is 5.91 Å². The van der Waals surface area contributed by atoms with Crippen molar-refractivity contribution < 1.29 is 4.79 Å². The standard InChI is InChI=1S/C11H11N3O/c1-2-6-12-11(15)9-5-3-4-8-7-13-14-10(8)9/h2-5,7H,1,6H2,(H,12,15)(H,13,14). The largest absolute Gasteiger partial charge is 0.349 e. The number of H-pyrrole nitrogens is 1. The van der Waals surface area contributed by atoms with E-state index in [1.807, 2.05) is 12.1 Å². The minimum Gasteiger partial charge on any atom is -0.349 e. The molecule has 15 heavy (non-hydrogen) atoms. The van der Waals surface area contributed by atoms with Crippen LogP contribution >= 0.6 is 0 Å².